The second-order valence-electron chi connectivity index (χ2n) is 3.86. The summed E-state index contributed by atoms with van der Waals surface area (Å²) >= 11 is 0. The minimum atomic E-state index is -0.127. The Morgan fingerprint density at radius 2 is 2.18 bits per heavy atom. The van der Waals surface area contributed by atoms with Crippen molar-refractivity contribution in [3.05, 3.63) is 12.2 Å². The van der Waals surface area contributed by atoms with Crippen LogP contribution in [0.4, 0.5) is 0 Å². The standard InChI is InChI=1S/C10H16O/c11-10-6-4-2-1-3-5-8-7-9(8)10/h4,6,8-11H,1-3,5,7H2/b6-4+/t8-,9+,10+/m0/s1. The Morgan fingerprint density at radius 1 is 1.27 bits per heavy atom. The summed E-state index contributed by atoms with van der Waals surface area (Å²) in [6.07, 6.45) is 10.5. The summed E-state index contributed by atoms with van der Waals surface area (Å²) in [4.78, 5) is 0. The van der Waals surface area contributed by atoms with Crippen molar-refractivity contribution in [1.29, 1.82) is 0 Å². The number of fused-ring (bicyclic) bond motifs is 1. The molecule has 0 aliphatic heterocycles. The lowest BCUT2D eigenvalue weighted by Gasteiger charge is -2.01. The molecule has 2 aliphatic rings. The van der Waals surface area contributed by atoms with Gasteiger partial charge in [-0.3, -0.25) is 0 Å². The Labute approximate surface area is 68.1 Å². The Balaban J connectivity index is 1.95. The van der Waals surface area contributed by atoms with Gasteiger partial charge in [0.05, 0.1) is 6.10 Å². The first kappa shape index (κ1) is 7.35. The summed E-state index contributed by atoms with van der Waals surface area (Å²) in [6, 6.07) is 0. The third kappa shape index (κ3) is 1.64. The first-order valence-electron chi connectivity index (χ1n) is 4.72. The van der Waals surface area contributed by atoms with E-state index in [4.69, 9.17) is 0 Å². The van der Waals surface area contributed by atoms with Crippen LogP contribution >= 0.6 is 0 Å². The molecule has 1 heteroatoms. The van der Waals surface area contributed by atoms with Gasteiger partial charge >= 0.3 is 0 Å². The molecule has 0 spiro atoms. The van der Waals surface area contributed by atoms with Gasteiger partial charge in [-0.1, -0.05) is 25.0 Å². The molecule has 1 saturated carbocycles. The summed E-state index contributed by atoms with van der Waals surface area (Å²) in [6.45, 7) is 0. The Morgan fingerprint density at radius 3 is 3.09 bits per heavy atom. The van der Waals surface area contributed by atoms with Gasteiger partial charge in [-0.2, -0.15) is 0 Å². The molecular weight excluding hydrogens is 136 g/mol. The first-order valence-corrected chi connectivity index (χ1v) is 4.72. The zero-order valence-electron chi connectivity index (χ0n) is 6.87. The van der Waals surface area contributed by atoms with E-state index < -0.39 is 0 Å². The quantitative estimate of drug-likeness (QED) is 0.527. The molecule has 0 aromatic rings. The van der Waals surface area contributed by atoms with Crippen LogP contribution in [0.25, 0.3) is 0 Å². The smallest absolute Gasteiger partial charge is 0.0751 e. The SMILES string of the molecule is O[C@@H]1/C=C/CCCC[C@H]2C[C@H]21. The van der Waals surface area contributed by atoms with Crippen LogP contribution in [0, 0.1) is 11.8 Å². The van der Waals surface area contributed by atoms with E-state index in [1.165, 1.54) is 25.7 Å². The third-order valence-corrected chi connectivity index (χ3v) is 2.94. The van der Waals surface area contributed by atoms with Gasteiger partial charge in [-0.25, -0.2) is 0 Å². The largest absolute Gasteiger partial charge is 0.389 e. The number of aliphatic hydroxyl groups is 1. The third-order valence-electron chi connectivity index (χ3n) is 2.94. The fraction of sp³-hybridized carbons (Fsp3) is 0.800. The molecule has 0 aromatic carbocycles. The summed E-state index contributed by atoms with van der Waals surface area (Å²) in [5.41, 5.74) is 0. The molecule has 1 N–H and O–H groups in total. The van der Waals surface area contributed by atoms with Crippen molar-refractivity contribution in [3.63, 3.8) is 0 Å². The molecule has 0 saturated heterocycles. The number of hydrogen-bond donors (Lipinski definition) is 1. The van der Waals surface area contributed by atoms with Crippen LogP contribution in [0.5, 0.6) is 0 Å². The zero-order chi connectivity index (χ0) is 7.68. The molecule has 3 atom stereocenters. The molecule has 0 bridgehead atoms. The highest BCUT2D eigenvalue weighted by atomic mass is 16.3. The molecule has 1 nitrogen and oxygen atoms in total. The van der Waals surface area contributed by atoms with Gasteiger partial charge in [-0.05, 0) is 31.1 Å². The number of allylic oxidation sites excluding steroid dienone is 1. The lowest BCUT2D eigenvalue weighted by Crippen LogP contribution is -2.05. The molecule has 2 rings (SSSR count). The van der Waals surface area contributed by atoms with Crippen LogP contribution in [0.1, 0.15) is 32.1 Å². The highest BCUT2D eigenvalue weighted by Crippen LogP contribution is 2.45. The fourth-order valence-electron chi connectivity index (χ4n) is 2.07. The van der Waals surface area contributed by atoms with Crippen LogP contribution in [0.15, 0.2) is 12.2 Å². The van der Waals surface area contributed by atoms with Gasteiger partial charge in [0.2, 0.25) is 0 Å². The van der Waals surface area contributed by atoms with Crippen LogP contribution in [-0.2, 0) is 0 Å². The zero-order valence-corrected chi connectivity index (χ0v) is 6.87. The maximum absolute atomic E-state index is 9.56. The molecule has 2 aliphatic carbocycles. The Hall–Kier alpha value is -0.300. The van der Waals surface area contributed by atoms with E-state index in [1.54, 1.807) is 0 Å². The van der Waals surface area contributed by atoms with Crippen LogP contribution in [-0.4, -0.2) is 11.2 Å². The molecular formula is C10H16O. The first-order chi connectivity index (χ1) is 5.38. The lowest BCUT2D eigenvalue weighted by atomic mass is 10.1. The summed E-state index contributed by atoms with van der Waals surface area (Å²) in [7, 11) is 0. The number of hydrogen-bond acceptors (Lipinski definition) is 1. The van der Waals surface area contributed by atoms with Crippen LogP contribution < -0.4 is 0 Å². The topological polar surface area (TPSA) is 20.2 Å². The van der Waals surface area contributed by atoms with Crippen molar-refractivity contribution in [2.75, 3.05) is 0 Å². The Bertz CT molecular complexity index is 162. The average Bonchev–Trinajstić information content (AvgIpc) is 2.74. The van der Waals surface area contributed by atoms with Crippen molar-refractivity contribution >= 4 is 0 Å². The van der Waals surface area contributed by atoms with Gasteiger partial charge < -0.3 is 5.11 Å². The van der Waals surface area contributed by atoms with E-state index in [2.05, 4.69) is 6.08 Å². The predicted molar refractivity (Wildman–Crippen MR) is 45.2 cm³/mol. The molecule has 11 heavy (non-hydrogen) atoms. The van der Waals surface area contributed by atoms with Crippen molar-refractivity contribution in [2.45, 2.75) is 38.2 Å². The Kier molecular flexibility index (Phi) is 1.99. The maximum Gasteiger partial charge on any atom is 0.0751 e. The highest BCUT2D eigenvalue weighted by Gasteiger charge is 2.40. The maximum atomic E-state index is 9.56. The molecule has 0 unspecified atom stereocenters. The molecule has 1 fully saturated rings. The van der Waals surface area contributed by atoms with E-state index in [9.17, 15) is 5.11 Å². The van der Waals surface area contributed by atoms with Crippen LogP contribution in [0.2, 0.25) is 0 Å². The molecule has 0 heterocycles. The van der Waals surface area contributed by atoms with E-state index >= 15 is 0 Å². The monoisotopic (exact) mass is 152 g/mol. The molecule has 0 amide bonds. The fourth-order valence-corrected chi connectivity index (χ4v) is 2.07. The van der Waals surface area contributed by atoms with Gasteiger partial charge in [0.15, 0.2) is 0 Å². The normalized spacial score (nSPS) is 46.5. The molecule has 0 aromatic heterocycles. The highest BCUT2D eigenvalue weighted by molar-refractivity contribution is 5.02. The van der Waals surface area contributed by atoms with E-state index in [0.29, 0.717) is 5.92 Å². The second kappa shape index (κ2) is 2.98. The van der Waals surface area contributed by atoms with Crippen LogP contribution in [0.3, 0.4) is 0 Å². The minimum absolute atomic E-state index is 0.127. The second-order valence-corrected chi connectivity index (χ2v) is 3.86. The molecule has 0 radical (unpaired) electrons. The predicted octanol–water partition coefficient (Wildman–Crippen LogP) is 2.11. The van der Waals surface area contributed by atoms with Crippen molar-refractivity contribution in [2.24, 2.45) is 11.8 Å². The van der Waals surface area contributed by atoms with Gasteiger partial charge in [0, 0.05) is 0 Å². The summed E-state index contributed by atoms with van der Waals surface area (Å²) in [5.74, 6) is 1.47. The summed E-state index contributed by atoms with van der Waals surface area (Å²) in [5, 5.41) is 9.56. The minimum Gasteiger partial charge on any atom is -0.389 e. The number of rotatable bonds is 0. The lowest BCUT2D eigenvalue weighted by molar-refractivity contribution is 0.192. The van der Waals surface area contributed by atoms with Crippen molar-refractivity contribution in [3.8, 4) is 0 Å². The van der Waals surface area contributed by atoms with Crippen molar-refractivity contribution in [1.82, 2.24) is 0 Å². The number of aliphatic hydroxyl groups excluding tert-OH is 1. The van der Waals surface area contributed by atoms with Gasteiger partial charge in [-0.15, -0.1) is 0 Å². The van der Waals surface area contributed by atoms with E-state index in [-0.39, 0.29) is 6.10 Å². The van der Waals surface area contributed by atoms with Gasteiger partial charge in [0.1, 0.15) is 0 Å². The van der Waals surface area contributed by atoms with E-state index in [1.807, 2.05) is 6.08 Å². The summed E-state index contributed by atoms with van der Waals surface area (Å²) < 4.78 is 0. The molecule has 62 valence electrons. The van der Waals surface area contributed by atoms with E-state index in [0.717, 1.165) is 12.3 Å². The van der Waals surface area contributed by atoms with Crippen molar-refractivity contribution < 1.29 is 5.11 Å². The average molecular weight is 152 g/mol. The van der Waals surface area contributed by atoms with Gasteiger partial charge in [0.25, 0.3) is 0 Å².